The Kier molecular flexibility index (Phi) is 5.43. The van der Waals surface area contributed by atoms with E-state index in [-0.39, 0.29) is 6.23 Å². The van der Waals surface area contributed by atoms with Crippen LogP contribution in [0.2, 0.25) is 5.15 Å². The summed E-state index contributed by atoms with van der Waals surface area (Å²) < 4.78 is 5.39. The zero-order valence-electron chi connectivity index (χ0n) is 12.9. The topological polar surface area (TPSA) is 73.1 Å². The van der Waals surface area contributed by atoms with Crippen molar-refractivity contribution in [2.24, 2.45) is 11.7 Å². The van der Waals surface area contributed by atoms with Gasteiger partial charge in [0.1, 0.15) is 6.23 Å². The average molecular weight is 333 g/mol. The predicted octanol–water partition coefficient (Wildman–Crippen LogP) is 3.52. The van der Waals surface area contributed by atoms with E-state index in [1.807, 2.05) is 12.1 Å². The van der Waals surface area contributed by atoms with Crippen LogP contribution in [0.15, 0.2) is 36.7 Å². The third-order valence-electron chi connectivity index (χ3n) is 4.14. The molecule has 1 saturated heterocycles. The Morgan fingerprint density at radius 1 is 1.22 bits per heavy atom. The molecule has 0 radical (unpaired) electrons. The molecule has 23 heavy (non-hydrogen) atoms. The summed E-state index contributed by atoms with van der Waals surface area (Å²) in [5.74, 6) is 1.23. The van der Waals surface area contributed by atoms with Crippen LogP contribution in [0, 0.1) is 5.92 Å². The molecule has 6 heteroatoms. The molecule has 0 amide bonds. The highest BCUT2D eigenvalue weighted by Crippen LogP contribution is 2.24. The van der Waals surface area contributed by atoms with Gasteiger partial charge in [-0.1, -0.05) is 23.7 Å². The van der Waals surface area contributed by atoms with Gasteiger partial charge in [-0.3, -0.25) is 0 Å². The van der Waals surface area contributed by atoms with Crippen LogP contribution in [-0.2, 0) is 11.2 Å². The Morgan fingerprint density at radius 2 is 2.00 bits per heavy atom. The quantitative estimate of drug-likeness (QED) is 0.876. The lowest BCUT2D eigenvalue weighted by Gasteiger charge is -2.26. The molecule has 2 aromatic rings. The second-order valence-corrected chi connectivity index (χ2v) is 6.21. The Balaban J connectivity index is 1.54. The molecule has 3 N–H and O–H groups in total. The summed E-state index contributed by atoms with van der Waals surface area (Å²) >= 11 is 6.00. The van der Waals surface area contributed by atoms with Crippen molar-refractivity contribution < 1.29 is 4.74 Å². The minimum atomic E-state index is -0.0861. The van der Waals surface area contributed by atoms with Crippen LogP contribution in [0.4, 0.5) is 11.5 Å². The standard InChI is InChI=1S/C17H21ClN4O/c18-16-17(21-9-8-20-16)22-14-5-3-12(4-6-14)1-2-13-7-10-23-15(19)11-13/h3-6,8-9,13,15H,1-2,7,10-11,19H2,(H,21,22)/t13?,15-/m0/s1. The first-order chi connectivity index (χ1) is 11.2. The van der Waals surface area contributed by atoms with Crippen LogP contribution in [0.25, 0.3) is 0 Å². The maximum Gasteiger partial charge on any atom is 0.171 e. The van der Waals surface area contributed by atoms with E-state index < -0.39 is 0 Å². The lowest BCUT2D eigenvalue weighted by molar-refractivity contribution is -0.00624. The molecule has 5 nitrogen and oxygen atoms in total. The minimum Gasteiger partial charge on any atom is -0.364 e. The molecule has 0 saturated carbocycles. The van der Waals surface area contributed by atoms with Gasteiger partial charge in [0.25, 0.3) is 0 Å². The first-order valence-corrected chi connectivity index (χ1v) is 8.28. The monoisotopic (exact) mass is 332 g/mol. The second kappa shape index (κ2) is 7.73. The van der Waals surface area contributed by atoms with Gasteiger partial charge in [0.2, 0.25) is 0 Å². The summed E-state index contributed by atoms with van der Waals surface area (Å²) in [7, 11) is 0. The molecule has 1 aromatic heterocycles. The van der Waals surface area contributed by atoms with E-state index in [2.05, 4.69) is 27.4 Å². The van der Waals surface area contributed by atoms with Crippen LogP contribution in [0.5, 0.6) is 0 Å². The average Bonchev–Trinajstić information content (AvgIpc) is 2.56. The third-order valence-corrected chi connectivity index (χ3v) is 4.41. The number of nitrogens with two attached hydrogens (primary N) is 1. The Morgan fingerprint density at radius 3 is 2.74 bits per heavy atom. The van der Waals surface area contributed by atoms with Crippen molar-refractivity contribution in [3.05, 3.63) is 47.4 Å². The van der Waals surface area contributed by atoms with E-state index in [9.17, 15) is 0 Å². The maximum atomic E-state index is 6.00. The number of rotatable bonds is 5. The third kappa shape index (κ3) is 4.64. The van der Waals surface area contributed by atoms with Crippen LogP contribution in [-0.4, -0.2) is 22.8 Å². The van der Waals surface area contributed by atoms with Gasteiger partial charge in [-0.2, -0.15) is 0 Å². The van der Waals surface area contributed by atoms with Gasteiger partial charge in [-0.05, 0) is 49.3 Å². The highest BCUT2D eigenvalue weighted by atomic mass is 35.5. The van der Waals surface area contributed by atoms with Crippen molar-refractivity contribution in [2.75, 3.05) is 11.9 Å². The van der Waals surface area contributed by atoms with Crippen LogP contribution in [0.3, 0.4) is 0 Å². The molecule has 0 aliphatic carbocycles. The zero-order chi connectivity index (χ0) is 16.1. The molecular formula is C17H21ClN4O. The van der Waals surface area contributed by atoms with Gasteiger partial charge < -0.3 is 15.8 Å². The van der Waals surface area contributed by atoms with Gasteiger partial charge in [0.15, 0.2) is 11.0 Å². The van der Waals surface area contributed by atoms with Crippen molar-refractivity contribution in [3.8, 4) is 0 Å². The van der Waals surface area contributed by atoms with Crippen molar-refractivity contribution >= 4 is 23.1 Å². The number of aryl methyl sites for hydroxylation is 1. The van der Waals surface area contributed by atoms with Crippen molar-refractivity contribution in [3.63, 3.8) is 0 Å². The molecule has 1 aromatic carbocycles. The second-order valence-electron chi connectivity index (χ2n) is 5.86. The number of ether oxygens (including phenoxy) is 1. The smallest absolute Gasteiger partial charge is 0.171 e. The van der Waals surface area contributed by atoms with E-state index in [0.717, 1.165) is 38.0 Å². The Bertz CT molecular complexity index is 635. The summed E-state index contributed by atoms with van der Waals surface area (Å²) in [4.78, 5) is 8.17. The largest absolute Gasteiger partial charge is 0.364 e. The highest BCUT2D eigenvalue weighted by molar-refractivity contribution is 6.31. The van der Waals surface area contributed by atoms with E-state index in [1.54, 1.807) is 12.4 Å². The maximum absolute atomic E-state index is 6.00. The molecule has 1 aliphatic rings. The molecule has 0 bridgehead atoms. The SMILES string of the molecule is N[C@@H]1CC(CCc2ccc(Nc3nccnc3Cl)cc2)CCO1. The first kappa shape index (κ1) is 16.2. The first-order valence-electron chi connectivity index (χ1n) is 7.90. The number of anilines is 2. The lowest BCUT2D eigenvalue weighted by atomic mass is 9.92. The molecule has 3 rings (SSSR count). The minimum absolute atomic E-state index is 0.0861. The molecule has 2 heterocycles. The fourth-order valence-electron chi connectivity index (χ4n) is 2.83. The molecular weight excluding hydrogens is 312 g/mol. The number of halogens is 1. The Labute approximate surface area is 141 Å². The van der Waals surface area contributed by atoms with E-state index in [0.29, 0.717) is 16.9 Å². The number of aromatic nitrogens is 2. The normalized spacial score (nSPS) is 21.1. The molecule has 1 fully saturated rings. The molecule has 0 spiro atoms. The van der Waals surface area contributed by atoms with Gasteiger partial charge in [-0.25, -0.2) is 9.97 Å². The number of benzene rings is 1. The van der Waals surface area contributed by atoms with Crippen molar-refractivity contribution in [1.29, 1.82) is 0 Å². The fraction of sp³-hybridized carbons (Fsp3) is 0.412. The molecule has 1 aliphatic heterocycles. The number of hydrogen-bond acceptors (Lipinski definition) is 5. The van der Waals surface area contributed by atoms with E-state index in [1.165, 1.54) is 5.56 Å². The molecule has 1 unspecified atom stereocenters. The number of nitrogens with one attached hydrogen (secondary N) is 1. The highest BCUT2D eigenvalue weighted by Gasteiger charge is 2.19. The van der Waals surface area contributed by atoms with Gasteiger partial charge in [-0.15, -0.1) is 0 Å². The van der Waals surface area contributed by atoms with E-state index in [4.69, 9.17) is 22.1 Å². The van der Waals surface area contributed by atoms with Crippen LogP contribution < -0.4 is 11.1 Å². The summed E-state index contributed by atoms with van der Waals surface area (Å²) in [6, 6.07) is 8.34. The summed E-state index contributed by atoms with van der Waals surface area (Å²) in [6.45, 7) is 0.785. The summed E-state index contributed by atoms with van der Waals surface area (Å²) in [5, 5.41) is 3.54. The van der Waals surface area contributed by atoms with Crippen molar-refractivity contribution in [1.82, 2.24) is 9.97 Å². The van der Waals surface area contributed by atoms with Crippen LogP contribution in [0.1, 0.15) is 24.8 Å². The fourth-order valence-corrected chi connectivity index (χ4v) is 2.98. The van der Waals surface area contributed by atoms with Crippen molar-refractivity contribution in [2.45, 2.75) is 31.9 Å². The van der Waals surface area contributed by atoms with E-state index >= 15 is 0 Å². The summed E-state index contributed by atoms with van der Waals surface area (Å²) in [5.41, 5.74) is 8.12. The van der Waals surface area contributed by atoms with Gasteiger partial charge in [0, 0.05) is 24.7 Å². The van der Waals surface area contributed by atoms with Gasteiger partial charge in [0.05, 0.1) is 0 Å². The molecule has 2 atom stereocenters. The molecule has 122 valence electrons. The Hall–Kier alpha value is -1.69. The van der Waals surface area contributed by atoms with Gasteiger partial charge >= 0.3 is 0 Å². The zero-order valence-corrected chi connectivity index (χ0v) is 13.7. The summed E-state index contributed by atoms with van der Waals surface area (Å²) in [6.07, 6.45) is 7.38. The lowest BCUT2D eigenvalue weighted by Crippen LogP contribution is -2.32. The number of hydrogen-bond donors (Lipinski definition) is 2. The predicted molar refractivity (Wildman–Crippen MR) is 91.7 cm³/mol. The van der Waals surface area contributed by atoms with Crippen LogP contribution >= 0.6 is 11.6 Å². The number of nitrogens with zero attached hydrogens (tertiary/aromatic N) is 2.